The predicted octanol–water partition coefficient (Wildman–Crippen LogP) is 6.11. The molecule has 5 nitrogen and oxygen atoms in total. The maximum absolute atomic E-state index is 12.8. The molecule has 0 radical (unpaired) electrons. The minimum Gasteiger partial charge on any atom is -0.319 e. The lowest BCUT2D eigenvalue weighted by Gasteiger charge is -2.07. The molecular formula is C23H18Cl2N4O. The summed E-state index contributed by atoms with van der Waals surface area (Å²) in [6.45, 7) is 3.99. The molecule has 0 aliphatic rings. The van der Waals surface area contributed by atoms with E-state index in [0.29, 0.717) is 27.2 Å². The van der Waals surface area contributed by atoms with Crippen molar-refractivity contribution < 1.29 is 4.79 Å². The van der Waals surface area contributed by atoms with Crippen LogP contribution in [0.3, 0.4) is 0 Å². The van der Waals surface area contributed by atoms with Crippen LogP contribution in [-0.4, -0.2) is 20.7 Å². The minimum atomic E-state index is -0.397. The monoisotopic (exact) mass is 436 g/mol. The summed E-state index contributed by atoms with van der Waals surface area (Å²) in [6, 6.07) is 20.5. The minimum absolute atomic E-state index is 0.0530. The molecule has 0 atom stereocenters. The first-order chi connectivity index (χ1) is 14.4. The number of aromatic nitrogens is 3. The summed E-state index contributed by atoms with van der Waals surface area (Å²) in [5.74, 6) is 0.186. The summed E-state index contributed by atoms with van der Waals surface area (Å²) in [4.78, 5) is 17.3. The highest BCUT2D eigenvalue weighted by Crippen LogP contribution is 2.27. The van der Waals surface area contributed by atoms with Gasteiger partial charge in [0.1, 0.15) is 0 Å². The van der Waals surface area contributed by atoms with Gasteiger partial charge in [0.25, 0.3) is 5.91 Å². The average molecular weight is 437 g/mol. The number of hydrogen-bond donors (Lipinski definition) is 1. The lowest BCUT2D eigenvalue weighted by Crippen LogP contribution is -2.14. The lowest BCUT2D eigenvalue weighted by atomic mass is 10.1. The molecule has 1 amide bonds. The Kier molecular flexibility index (Phi) is 5.57. The van der Waals surface area contributed by atoms with E-state index in [0.717, 1.165) is 16.7 Å². The number of amides is 1. The second-order valence-corrected chi connectivity index (χ2v) is 7.77. The molecule has 0 bridgehead atoms. The number of carbonyl (C=O) groups excluding carboxylic acids is 1. The van der Waals surface area contributed by atoms with Crippen molar-refractivity contribution in [1.82, 2.24) is 14.8 Å². The number of hydrogen-bond acceptors (Lipinski definition) is 3. The molecule has 1 aromatic heterocycles. The van der Waals surface area contributed by atoms with E-state index in [4.69, 9.17) is 23.2 Å². The average Bonchev–Trinajstić information content (AvgIpc) is 3.18. The summed E-state index contributed by atoms with van der Waals surface area (Å²) < 4.78 is 1.59. The van der Waals surface area contributed by atoms with Crippen molar-refractivity contribution in [2.24, 2.45) is 0 Å². The van der Waals surface area contributed by atoms with Crippen molar-refractivity contribution in [3.63, 3.8) is 0 Å². The summed E-state index contributed by atoms with van der Waals surface area (Å²) in [5, 5.41) is 8.12. The predicted molar refractivity (Wildman–Crippen MR) is 121 cm³/mol. The third-order valence-corrected chi connectivity index (χ3v) is 5.32. The summed E-state index contributed by atoms with van der Waals surface area (Å²) in [7, 11) is 0. The van der Waals surface area contributed by atoms with Crippen LogP contribution < -0.4 is 5.32 Å². The molecule has 0 saturated heterocycles. The van der Waals surface area contributed by atoms with Crippen LogP contribution in [0, 0.1) is 13.8 Å². The molecule has 30 heavy (non-hydrogen) atoms. The number of nitrogens with zero attached hydrogens (tertiary/aromatic N) is 3. The smallest absolute Gasteiger partial charge is 0.295 e. The maximum atomic E-state index is 12.8. The molecule has 0 aliphatic carbocycles. The fourth-order valence-corrected chi connectivity index (χ4v) is 3.21. The Balaban J connectivity index is 1.76. The maximum Gasteiger partial charge on any atom is 0.295 e. The van der Waals surface area contributed by atoms with Gasteiger partial charge in [0.05, 0.1) is 15.7 Å². The molecule has 0 unspecified atom stereocenters. The molecule has 150 valence electrons. The number of rotatable bonds is 4. The molecule has 0 saturated carbocycles. The summed E-state index contributed by atoms with van der Waals surface area (Å²) in [5.41, 5.74) is 4.39. The molecule has 7 heteroatoms. The first-order valence-corrected chi connectivity index (χ1v) is 10.0. The van der Waals surface area contributed by atoms with Crippen LogP contribution in [-0.2, 0) is 0 Å². The van der Waals surface area contributed by atoms with Gasteiger partial charge in [-0.25, -0.2) is 9.67 Å². The van der Waals surface area contributed by atoms with E-state index in [9.17, 15) is 4.79 Å². The van der Waals surface area contributed by atoms with Crippen molar-refractivity contribution in [3.05, 3.63) is 93.7 Å². The zero-order chi connectivity index (χ0) is 21.3. The fraction of sp³-hybridized carbons (Fsp3) is 0.0870. The van der Waals surface area contributed by atoms with Gasteiger partial charge in [0, 0.05) is 11.3 Å². The molecule has 4 aromatic rings. The van der Waals surface area contributed by atoms with Crippen molar-refractivity contribution >= 4 is 34.8 Å². The third kappa shape index (κ3) is 4.22. The van der Waals surface area contributed by atoms with E-state index in [-0.39, 0.29) is 5.82 Å². The Labute approximate surface area is 184 Å². The van der Waals surface area contributed by atoms with Gasteiger partial charge in [-0.1, -0.05) is 70.7 Å². The molecule has 0 spiro atoms. The highest BCUT2D eigenvalue weighted by molar-refractivity contribution is 6.42. The summed E-state index contributed by atoms with van der Waals surface area (Å²) in [6.07, 6.45) is 0. The van der Waals surface area contributed by atoms with Crippen LogP contribution in [0.25, 0.3) is 17.1 Å². The van der Waals surface area contributed by atoms with Crippen molar-refractivity contribution in [2.75, 3.05) is 5.32 Å². The zero-order valence-corrected chi connectivity index (χ0v) is 17.9. The largest absolute Gasteiger partial charge is 0.319 e. The van der Waals surface area contributed by atoms with E-state index < -0.39 is 5.91 Å². The topological polar surface area (TPSA) is 59.8 Å². The van der Waals surface area contributed by atoms with Gasteiger partial charge in [-0.15, -0.1) is 5.10 Å². The van der Waals surface area contributed by atoms with E-state index in [2.05, 4.69) is 15.4 Å². The highest BCUT2D eigenvalue weighted by Gasteiger charge is 2.19. The van der Waals surface area contributed by atoms with Gasteiger partial charge >= 0.3 is 0 Å². The zero-order valence-electron chi connectivity index (χ0n) is 16.4. The third-order valence-electron chi connectivity index (χ3n) is 4.58. The Bertz CT molecular complexity index is 1220. The van der Waals surface area contributed by atoms with Gasteiger partial charge in [-0.3, -0.25) is 4.79 Å². The van der Waals surface area contributed by atoms with Crippen LogP contribution >= 0.6 is 23.2 Å². The van der Waals surface area contributed by atoms with E-state index >= 15 is 0 Å². The van der Waals surface area contributed by atoms with Gasteiger partial charge in [0.15, 0.2) is 5.82 Å². The SMILES string of the molecule is Cc1ccc(NC(=O)c2nc(-c3ccc(C)cc3)n(-c3ccc(Cl)c(Cl)c3)n2)cc1. The van der Waals surface area contributed by atoms with Gasteiger partial charge in [-0.05, 0) is 44.2 Å². The molecule has 1 heterocycles. The second kappa shape index (κ2) is 8.30. The second-order valence-electron chi connectivity index (χ2n) is 6.96. The van der Waals surface area contributed by atoms with Crippen molar-refractivity contribution in [3.8, 4) is 17.1 Å². The Hall–Kier alpha value is -3.15. The molecule has 3 aromatic carbocycles. The Morgan fingerprint density at radius 1 is 0.867 bits per heavy atom. The molecule has 0 fully saturated rings. The number of carbonyl (C=O) groups is 1. The molecule has 4 rings (SSSR count). The number of benzene rings is 3. The van der Waals surface area contributed by atoms with Crippen LogP contribution in [0.5, 0.6) is 0 Å². The Morgan fingerprint density at radius 3 is 2.13 bits per heavy atom. The normalized spacial score (nSPS) is 10.8. The first kappa shape index (κ1) is 20.1. The number of anilines is 1. The lowest BCUT2D eigenvalue weighted by molar-refractivity contribution is 0.101. The van der Waals surface area contributed by atoms with Gasteiger partial charge < -0.3 is 5.32 Å². The molecule has 1 N–H and O–H groups in total. The van der Waals surface area contributed by atoms with Crippen molar-refractivity contribution in [1.29, 1.82) is 0 Å². The standard InChI is InChI=1S/C23H18Cl2N4O/c1-14-3-7-16(8-4-14)22-27-21(23(30)26-17-9-5-15(2)6-10-17)28-29(22)18-11-12-19(24)20(25)13-18/h3-13H,1-2H3,(H,26,30). The number of nitrogens with one attached hydrogen (secondary N) is 1. The van der Waals surface area contributed by atoms with Crippen molar-refractivity contribution in [2.45, 2.75) is 13.8 Å². The highest BCUT2D eigenvalue weighted by atomic mass is 35.5. The van der Waals surface area contributed by atoms with Crippen LogP contribution in [0.1, 0.15) is 21.7 Å². The molecular weight excluding hydrogens is 419 g/mol. The van der Waals surface area contributed by atoms with E-state index in [1.165, 1.54) is 0 Å². The molecule has 0 aliphatic heterocycles. The number of aryl methyl sites for hydroxylation is 2. The van der Waals surface area contributed by atoms with Gasteiger partial charge in [-0.2, -0.15) is 0 Å². The fourth-order valence-electron chi connectivity index (χ4n) is 2.92. The van der Waals surface area contributed by atoms with Crippen LogP contribution in [0.4, 0.5) is 5.69 Å². The van der Waals surface area contributed by atoms with E-state index in [1.807, 2.05) is 62.4 Å². The quantitative estimate of drug-likeness (QED) is 0.419. The van der Waals surface area contributed by atoms with Crippen LogP contribution in [0.15, 0.2) is 66.7 Å². The summed E-state index contributed by atoms with van der Waals surface area (Å²) >= 11 is 12.3. The van der Waals surface area contributed by atoms with E-state index in [1.54, 1.807) is 22.9 Å². The Morgan fingerprint density at radius 2 is 1.50 bits per heavy atom. The van der Waals surface area contributed by atoms with Gasteiger partial charge in [0.2, 0.25) is 5.82 Å². The first-order valence-electron chi connectivity index (χ1n) is 9.28. The van der Waals surface area contributed by atoms with Crippen LogP contribution in [0.2, 0.25) is 10.0 Å². The number of halogens is 2.